The quantitative estimate of drug-likeness (QED) is 0.226. The molecule has 0 radical (unpaired) electrons. The average Bonchev–Trinajstić information content (AvgIpc) is 2.94. The van der Waals surface area contributed by atoms with Crippen molar-refractivity contribution in [2.45, 2.75) is 35.8 Å². The molecule has 4 aromatic carbocycles. The summed E-state index contributed by atoms with van der Waals surface area (Å²) >= 11 is 0. The second-order valence-corrected chi connectivity index (χ2v) is 11.9. The number of aliphatic hydroxyl groups is 2. The van der Waals surface area contributed by atoms with Crippen molar-refractivity contribution in [3.63, 3.8) is 0 Å². The van der Waals surface area contributed by atoms with Crippen LogP contribution in [0.3, 0.4) is 0 Å². The van der Waals surface area contributed by atoms with Crippen LogP contribution < -0.4 is 0 Å². The first kappa shape index (κ1) is 31.8. The molecule has 0 aliphatic rings. The molecular weight excluding hydrogens is 540 g/mol. The van der Waals surface area contributed by atoms with Gasteiger partial charge in [-0.2, -0.15) is 16.8 Å². The minimum Gasteiger partial charge on any atom is -0.388 e. The molecule has 4 aromatic rings. The summed E-state index contributed by atoms with van der Waals surface area (Å²) in [6.07, 6.45) is -1.44. The largest absolute Gasteiger partial charge is 0.388 e. The average molecular weight is 573 g/mol. The Hall–Kier alpha value is -3.38. The zero-order valence-corrected chi connectivity index (χ0v) is 23.1. The Kier molecular flexibility index (Phi) is 11.5. The first-order chi connectivity index (χ1) is 18.2. The van der Waals surface area contributed by atoms with Crippen molar-refractivity contribution >= 4 is 20.2 Å². The van der Waals surface area contributed by atoms with Crippen LogP contribution in [0, 0.1) is 5.41 Å². The molecule has 0 aliphatic heterocycles. The topological polar surface area (TPSA) is 149 Å². The summed E-state index contributed by atoms with van der Waals surface area (Å²) < 4.78 is 58.5. The van der Waals surface area contributed by atoms with E-state index < -0.39 is 37.9 Å². The molecule has 2 atom stereocenters. The van der Waals surface area contributed by atoms with Crippen LogP contribution in [0.4, 0.5) is 0 Å². The molecule has 0 bridgehead atoms. The van der Waals surface area contributed by atoms with Crippen molar-refractivity contribution in [1.29, 1.82) is 0 Å². The zero-order chi connectivity index (χ0) is 29.1. The van der Waals surface area contributed by atoms with E-state index in [0.717, 1.165) is 11.1 Å². The second kappa shape index (κ2) is 14.1. The van der Waals surface area contributed by atoms with Crippen LogP contribution in [0.25, 0.3) is 0 Å². The molecule has 0 saturated heterocycles. The van der Waals surface area contributed by atoms with E-state index in [1.807, 2.05) is 74.5 Å². The number of rotatable bonds is 6. The first-order valence-electron chi connectivity index (χ1n) is 11.8. The van der Waals surface area contributed by atoms with E-state index in [2.05, 4.69) is 0 Å². The molecule has 0 saturated carbocycles. The molecule has 10 heteroatoms. The van der Waals surface area contributed by atoms with Gasteiger partial charge in [0.1, 0.15) is 0 Å². The standard InChI is InChI=1S/C17H20O2.2C6H6O3S/c1-17(2,15(18)13-9-5-3-6-10-13)16(19)14-11-7-4-8-12-14;2*7-10(8,9)6-4-2-1-3-5-6/h3-12,15-16,18-19H,1-2H3;2*1-5H,(H,7,8,9). The van der Waals surface area contributed by atoms with Crippen LogP contribution in [0.2, 0.25) is 0 Å². The third kappa shape index (κ3) is 10.0. The van der Waals surface area contributed by atoms with E-state index in [4.69, 9.17) is 9.11 Å². The summed E-state index contributed by atoms with van der Waals surface area (Å²) in [7, 11) is -8.01. The van der Waals surface area contributed by atoms with Gasteiger partial charge in [0.05, 0.1) is 22.0 Å². The van der Waals surface area contributed by atoms with E-state index in [1.165, 1.54) is 24.3 Å². The molecule has 4 N–H and O–H groups in total. The Balaban J connectivity index is 0.000000225. The molecule has 39 heavy (non-hydrogen) atoms. The highest BCUT2D eigenvalue weighted by atomic mass is 32.2. The van der Waals surface area contributed by atoms with Gasteiger partial charge in [-0.1, -0.05) is 111 Å². The van der Waals surface area contributed by atoms with Crippen molar-refractivity contribution in [2.75, 3.05) is 0 Å². The highest BCUT2D eigenvalue weighted by Gasteiger charge is 2.37. The second-order valence-electron chi connectivity index (χ2n) is 9.02. The van der Waals surface area contributed by atoms with E-state index in [-0.39, 0.29) is 9.79 Å². The van der Waals surface area contributed by atoms with Crippen LogP contribution in [-0.4, -0.2) is 36.2 Å². The molecule has 8 nitrogen and oxygen atoms in total. The minimum atomic E-state index is -4.00. The molecule has 0 spiro atoms. The molecular formula is C29H32O8S2. The van der Waals surface area contributed by atoms with Gasteiger partial charge in [-0.25, -0.2) is 0 Å². The Morgan fingerprint density at radius 1 is 0.487 bits per heavy atom. The lowest BCUT2D eigenvalue weighted by molar-refractivity contribution is -0.0512. The number of hydrogen-bond donors (Lipinski definition) is 4. The van der Waals surface area contributed by atoms with E-state index in [9.17, 15) is 27.0 Å². The molecule has 0 aromatic heterocycles. The monoisotopic (exact) mass is 572 g/mol. The fourth-order valence-electron chi connectivity index (χ4n) is 3.46. The number of hydrogen-bond acceptors (Lipinski definition) is 6. The van der Waals surface area contributed by atoms with Gasteiger partial charge in [-0.15, -0.1) is 0 Å². The van der Waals surface area contributed by atoms with Crippen LogP contribution in [0.5, 0.6) is 0 Å². The van der Waals surface area contributed by atoms with Gasteiger partial charge in [0.25, 0.3) is 20.2 Å². The van der Waals surface area contributed by atoms with Gasteiger partial charge in [-0.05, 0) is 35.4 Å². The molecule has 0 fully saturated rings. The van der Waals surface area contributed by atoms with Gasteiger partial charge in [0.15, 0.2) is 0 Å². The minimum absolute atomic E-state index is 0.0741. The predicted octanol–water partition coefficient (Wildman–Crippen LogP) is 5.35. The van der Waals surface area contributed by atoms with Crippen molar-refractivity contribution < 1.29 is 36.2 Å². The summed E-state index contributed by atoms with van der Waals surface area (Å²) in [5.41, 5.74) is 0.980. The lowest BCUT2D eigenvalue weighted by Gasteiger charge is -2.35. The van der Waals surface area contributed by atoms with Crippen LogP contribution in [0.15, 0.2) is 131 Å². The van der Waals surface area contributed by atoms with Gasteiger partial charge in [0.2, 0.25) is 0 Å². The van der Waals surface area contributed by atoms with Crippen LogP contribution >= 0.6 is 0 Å². The zero-order valence-electron chi connectivity index (χ0n) is 21.4. The van der Waals surface area contributed by atoms with Gasteiger partial charge in [0, 0.05) is 5.41 Å². The Morgan fingerprint density at radius 2 is 0.718 bits per heavy atom. The third-order valence-electron chi connectivity index (χ3n) is 5.72. The SMILES string of the molecule is CC(C)(C(O)c1ccccc1)C(O)c1ccccc1.O=S(=O)(O)c1ccccc1.O=S(=O)(O)c1ccccc1. The number of aliphatic hydroxyl groups excluding tert-OH is 2. The van der Waals surface area contributed by atoms with Crippen LogP contribution in [-0.2, 0) is 20.2 Å². The fourth-order valence-corrected chi connectivity index (χ4v) is 4.47. The number of benzene rings is 4. The van der Waals surface area contributed by atoms with Crippen molar-refractivity contribution in [3.05, 3.63) is 132 Å². The van der Waals surface area contributed by atoms with Gasteiger partial charge in [-0.3, -0.25) is 9.11 Å². The van der Waals surface area contributed by atoms with E-state index in [0.29, 0.717) is 0 Å². The van der Waals surface area contributed by atoms with Gasteiger partial charge >= 0.3 is 0 Å². The Morgan fingerprint density at radius 3 is 0.923 bits per heavy atom. The summed E-state index contributed by atoms with van der Waals surface area (Å²) in [5.74, 6) is 0. The molecule has 0 heterocycles. The molecule has 0 aliphatic carbocycles. The molecule has 0 amide bonds. The fraction of sp³-hybridized carbons (Fsp3) is 0.172. The maximum absolute atomic E-state index is 10.5. The highest BCUT2D eigenvalue weighted by Crippen LogP contribution is 2.43. The molecule has 2 unspecified atom stereocenters. The summed E-state index contributed by atoms with van der Waals surface area (Å²) in [4.78, 5) is -0.148. The maximum atomic E-state index is 10.5. The highest BCUT2D eigenvalue weighted by molar-refractivity contribution is 7.86. The smallest absolute Gasteiger partial charge is 0.294 e. The third-order valence-corrected chi connectivity index (χ3v) is 7.46. The molecule has 4 rings (SSSR count). The lowest BCUT2D eigenvalue weighted by Crippen LogP contribution is -2.29. The van der Waals surface area contributed by atoms with Crippen LogP contribution in [0.1, 0.15) is 37.2 Å². The Labute approximate surface area is 229 Å². The van der Waals surface area contributed by atoms with E-state index >= 15 is 0 Å². The van der Waals surface area contributed by atoms with Crippen molar-refractivity contribution in [2.24, 2.45) is 5.41 Å². The normalized spacial score (nSPS) is 13.1. The summed E-state index contributed by atoms with van der Waals surface area (Å²) in [6.45, 7) is 3.75. The first-order valence-corrected chi connectivity index (χ1v) is 14.6. The van der Waals surface area contributed by atoms with Crippen molar-refractivity contribution in [3.8, 4) is 0 Å². The lowest BCUT2D eigenvalue weighted by atomic mass is 9.75. The predicted molar refractivity (Wildman–Crippen MR) is 149 cm³/mol. The van der Waals surface area contributed by atoms with E-state index in [1.54, 1.807) is 36.4 Å². The van der Waals surface area contributed by atoms with Crippen molar-refractivity contribution in [1.82, 2.24) is 0 Å². The Bertz CT molecular complexity index is 1360. The summed E-state index contributed by atoms with van der Waals surface area (Å²) in [6, 6.07) is 33.8. The summed E-state index contributed by atoms with van der Waals surface area (Å²) in [5, 5.41) is 21.0. The molecule has 208 valence electrons. The van der Waals surface area contributed by atoms with Gasteiger partial charge < -0.3 is 10.2 Å². The maximum Gasteiger partial charge on any atom is 0.294 e.